The van der Waals surface area contributed by atoms with Crippen LogP contribution in [0.2, 0.25) is 15.1 Å². The first-order chi connectivity index (χ1) is 9.41. The molecular formula is C13H15Cl3O4. The van der Waals surface area contributed by atoms with Crippen molar-refractivity contribution in [3.8, 4) is 11.5 Å². The highest BCUT2D eigenvalue weighted by molar-refractivity contribution is 6.50. The Kier molecular flexibility index (Phi) is 6.72. The lowest BCUT2D eigenvalue weighted by molar-refractivity contribution is 0.0494. The van der Waals surface area contributed by atoms with Crippen LogP contribution in [0.5, 0.6) is 11.5 Å². The molecule has 0 bridgehead atoms. The zero-order valence-electron chi connectivity index (χ0n) is 10.9. The molecule has 0 atom stereocenters. The fourth-order valence-electron chi connectivity index (χ4n) is 1.59. The topological polar surface area (TPSA) is 66.8 Å². The van der Waals surface area contributed by atoms with Crippen molar-refractivity contribution in [1.82, 2.24) is 0 Å². The first-order valence-electron chi connectivity index (χ1n) is 6.17. The van der Waals surface area contributed by atoms with E-state index in [0.29, 0.717) is 6.42 Å². The van der Waals surface area contributed by atoms with E-state index in [9.17, 15) is 15.0 Å². The first kappa shape index (κ1) is 17.2. The van der Waals surface area contributed by atoms with Crippen LogP contribution in [0, 0.1) is 0 Å². The predicted octanol–water partition coefficient (Wildman–Crippen LogP) is 4.80. The molecule has 0 saturated heterocycles. The maximum Gasteiger partial charge on any atom is 0.343 e. The zero-order valence-corrected chi connectivity index (χ0v) is 13.1. The number of esters is 1. The second-order valence-corrected chi connectivity index (χ2v) is 5.34. The van der Waals surface area contributed by atoms with Gasteiger partial charge >= 0.3 is 5.97 Å². The van der Waals surface area contributed by atoms with Crippen LogP contribution in [0.3, 0.4) is 0 Å². The molecule has 0 aromatic heterocycles. The molecular weight excluding hydrogens is 326 g/mol. The van der Waals surface area contributed by atoms with Gasteiger partial charge in [-0.1, -0.05) is 61.0 Å². The number of phenolic OH excluding ortho intramolecular Hbond substituents is 2. The number of ether oxygens (including phenoxy) is 1. The van der Waals surface area contributed by atoms with Crippen molar-refractivity contribution < 1.29 is 19.7 Å². The number of unbranched alkanes of at least 4 members (excludes halogenated alkanes) is 3. The summed E-state index contributed by atoms with van der Waals surface area (Å²) in [4.78, 5) is 11.9. The molecule has 0 amide bonds. The maximum absolute atomic E-state index is 11.9. The van der Waals surface area contributed by atoms with Gasteiger partial charge in [0.2, 0.25) is 0 Å². The van der Waals surface area contributed by atoms with Gasteiger partial charge in [-0.15, -0.1) is 0 Å². The Hall–Kier alpha value is -0.840. The number of halogens is 3. The minimum Gasteiger partial charge on any atom is -0.504 e. The number of rotatable bonds is 6. The molecule has 0 saturated carbocycles. The predicted molar refractivity (Wildman–Crippen MR) is 79.2 cm³/mol. The van der Waals surface area contributed by atoms with Gasteiger partial charge in [0.05, 0.1) is 16.7 Å². The molecule has 0 heterocycles. The van der Waals surface area contributed by atoms with E-state index in [4.69, 9.17) is 39.5 Å². The van der Waals surface area contributed by atoms with E-state index >= 15 is 0 Å². The lowest BCUT2D eigenvalue weighted by Crippen LogP contribution is -2.08. The van der Waals surface area contributed by atoms with Crippen LogP contribution >= 0.6 is 34.8 Å². The molecule has 0 aliphatic heterocycles. The standard InChI is InChI=1S/C13H15Cl3O4/c1-2-3-4-5-6-20-13(19)7-8(14)9(15)10(16)12(18)11(7)17/h17-18H,2-6H2,1H3. The minimum absolute atomic E-state index is 0.204. The number of aromatic hydroxyl groups is 2. The normalized spacial score (nSPS) is 10.6. The molecule has 0 aliphatic carbocycles. The molecule has 1 rings (SSSR count). The average molecular weight is 342 g/mol. The summed E-state index contributed by atoms with van der Waals surface area (Å²) < 4.78 is 4.99. The molecule has 1 aromatic rings. The van der Waals surface area contributed by atoms with E-state index in [1.807, 2.05) is 0 Å². The van der Waals surface area contributed by atoms with Gasteiger partial charge in [0, 0.05) is 0 Å². The van der Waals surface area contributed by atoms with Crippen LogP contribution in [0.15, 0.2) is 0 Å². The Morgan fingerprint density at radius 2 is 1.65 bits per heavy atom. The summed E-state index contributed by atoms with van der Waals surface area (Å²) in [5, 5.41) is 18.5. The van der Waals surface area contributed by atoms with Gasteiger partial charge in [0.25, 0.3) is 0 Å². The van der Waals surface area contributed by atoms with E-state index in [-0.39, 0.29) is 27.2 Å². The average Bonchev–Trinajstić information content (AvgIpc) is 2.43. The molecule has 0 aliphatic rings. The minimum atomic E-state index is -0.849. The summed E-state index contributed by atoms with van der Waals surface area (Å²) in [7, 11) is 0. The van der Waals surface area contributed by atoms with Crippen molar-refractivity contribution >= 4 is 40.8 Å². The quantitative estimate of drug-likeness (QED) is 0.338. The Balaban J connectivity index is 2.83. The first-order valence-corrected chi connectivity index (χ1v) is 7.30. The highest BCUT2D eigenvalue weighted by atomic mass is 35.5. The van der Waals surface area contributed by atoms with Crippen LogP contribution in [0.4, 0.5) is 0 Å². The summed E-state index contributed by atoms with van der Waals surface area (Å²) in [6, 6.07) is 0. The summed E-state index contributed by atoms with van der Waals surface area (Å²) in [6.07, 6.45) is 3.78. The fourth-order valence-corrected chi connectivity index (χ4v) is 2.27. The van der Waals surface area contributed by atoms with E-state index in [1.165, 1.54) is 0 Å². The van der Waals surface area contributed by atoms with Gasteiger partial charge < -0.3 is 14.9 Å². The van der Waals surface area contributed by atoms with E-state index in [1.54, 1.807) is 0 Å². The molecule has 112 valence electrons. The highest BCUT2D eigenvalue weighted by Gasteiger charge is 2.26. The summed E-state index contributed by atoms with van der Waals surface area (Å²) in [5.41, 5.74) is -0.381. The SMILES string of the molecule is CCCCCCOC(=O)c1c(O)c(O)c(Cl)c(Cl)c1Cl. The van der Waals surface area contributed by atoms with Gasteiger partial charge in [-0.2, -0.15) is 0 Å². The highest BCUT2D eigenvalue weighted by Crippen LogP contribution is 2.46. The zero-order chi connectivity index (χ0) is 15.3. The molecule has 20 heavy (non-hydrogen) atoms. The Labute approximate surface area is 132 Å². The monoisotopic (exact) mass is 340 g/mol. The molecule has 2 N–H and O–H groups in total. The number of carbonyl (C=O) groups is 1. The van der Waals surface area contributed by atoms with Crippen LogP contribution in [-0.2, 0) is 4.74 Å². The van der Waals surface area contributed by atoms with Crippen LogP contribution in [0.1, 0.15) is 43.0 Å². The molecule has 7 heteroatoms. The second kappa shape index (κ2) is 7.81. The third-order valence-corrected chi connectivity index (χ3v) is 4.03. The Morgan fingerprint density at radius 3 is 2.25 bits per heavy atom. The number of hydrogen-bond acceptors (Lipinski definition) is 4. The number of phenols is 2. The van der Waals surface area contributed by atoms with Gasteiger partial charge in [0.1, 0.15) is 10.6 Å². The summed E-state index contributed by atoms with van der Waals surface area (Å²) in [5.74, 6) is -2.28. The summed E-state index contributed by atoms with van der Waals surface area (Å²) >= 11 is 17.3. The van der Waals surface area contributed by atoms with Crippen molar-refractivity contribution in [1.29, 1.82) is 0 Å². The van der Waals surface area contributed by atoms with Crippen LogP contribution in [-0.4, -0.2) is 22.8 Å². The van der Waals surface area contributed by atoms with Crippen molar-refractivity contribution in [2.24, 2.45) is 0 Å². The van der Waals surface area contributed by atoms with Crippen molar-refractivity contribution in [2.45, 2.75) is 32.6 Å². The van der Waals surface area contributed by atoms with Crippen molar-refractivity contribution in [3.63, 3.8) is 0 Å². The van der Waals surface area contributed by atoms with E-state index < -0.39 is 17.5 Å². The molecule has 1 aromatic carbocycles. The van der Waals surface area contributed by atoms with Gasteiger partial charge in [0.15, 0.2) is 11.5 Å². The van der Waals surface area contributed by atoms with Crippen LogP contribution < -0.4 is 0 Å². The molecule has 4 nitrogen and oxygen atoms in total. The molecule has 0 unspecified atom stereocenters. The third-order valence-electron chi connectivity index (χ3n) is 2.71. The molecule has 0 fully saturated rings. The third kappa shape index (κ3) is 3.84. The van der Waals surface area contributed by atoms with Gasteiger partial charge in [-0.3, -0.25) is 0 Å². The smallest absolute Gasteiger partial charge is 0.343 e. The molecule has 0 radical (unpaired) electrons. The van der Waals surface area contributed by atoms with E-state index in [0.717, 1.165) is 19.3 Å². The molecule has 0 spiro atoms. The summed E-state index contributed by atoms with van der Waals surface area (Å²) in [6.45, 7) is 2.28. The lowest BCUT2D eigenvalue weighted by Gasteiger charge is -2.11. The lowest BCUT2D eigenvalue weighted by atomic mass is 10.2. The second-order valence-electron chi connectivity index (χ2n) is 4.21. The van der Waals surface area contributed by atoms with Crippen molar-refractivity contribution in [3.05, 3.63) is 20.6 Å². The maximum atomic E-state index is 11.9. The van der Waals surface area contributed by atoms with Gasteiger partial charge in [-0.25, -0.2) is 4.79 Å². The Morgan fingerprint density at radius 1 is 1.00 bits per heavy atom. The largest absolute Gasteiger partial charge is 0.504 e. The van der Waals surface area contributed by atoms with Gasteiger partial charge in [-0.05, 0) is 6.42 Å². The number of hydrogen-bond donors (Lipinski definition) is 2. The number of benzene rings is 1. The fraction of sp³-hybridized carbons (Fsp3) is 0.462. The van der Waals surface area contributed by atoms with Crippen molar-refractivity contribution in [2.75, 3.05) is 6.61 Å². The van der Waals surface area contributed by atoms with Crippen LogP contribution in [0.25, 0.3) is 0 Å². The number of carbonyl (C=O) groups excluding carboxylic acids is 1. The van der Waals surface area contributed by atoms with E-state index in [2.05, 4.69) is 6.92 Å². The Bertz CT molecular complexity index is 474.